The van der Waals surface area contributed by atoms with Gasteiger partial charge in [-0.05, 0) is 69.4 Å². The van der Waals surface area contributed by atoms with Crippen molar-refractivity contribution in [2.45, 2.75) is 64.1 Å². The molecule has 0 radical (unpaired) electrons. The zero-order valence-corrected chi connectivity index (χ0v) is 21.8. The molecular weight excluding hydrogens is 458 g/mol. The van der Waals surface area contributed by atoms with Gasteiger partial charge in [-0.3, -0.25) is 9.69 Å². The smallest absolute Gasteiger partial charge is 0.407 e. The van der Waals surface area contributed by atoms with E-state index in [1.165, 1.54) is 11.1 Å². The summed E-state index contributed by atoms with van der Waals surface area (Å²) in [5.74, 6) is 0.677. The van der Waals surface area contributed by atoms with E-state index in [-0.39, 0.29) is 24.6 Å². The minimum Gasteiger partial charge on any atom is -0.493 e. The lowest BCUT2D eigenvalue weighted by molar-refractivity contribution is -0.119. The first-order valence-electron chi connectivity index (χ1n) is 12.5. The van der Waals surface area contributed by atoms with Crippen molar-refractivity contribution in [1.29, 1.82) is 0 Å². The molecular formula is C28H37N3O5. The molecule has 2 heterocycles. The fourth-order valence-electron chi connectivity index (χ4n) is 5.32. The van der Waals surface area contributed by atoms with Gasteiger partial charge in [0.1, 0.15) is 5.60 Å². The first-order chi connectivity index (χ1) is 17.0. The van der Waals surface area contributed by atoms with E-state index in [0.29, 0.717) is 11.5 Å². The third-order valence-corrected chi connectivity index (χ3v) is 6.83. The maximum absolute atomic E-state index is 12.8. The molecule has 36 heavy (non-hydrogen) atoms. The normalized spacial score (nSPS) is 21.6. The lowest BCUT2D eigenvalue weighted by atomic mass is 9.77. The number of hydrogen-bond acceptors (Lipinski definition) is 6. The average Bonchev–Trinajstić information content (AvgIpc) is 2.80. The molecule has 2 aromatic rings. The fraction of sp³-hybridized carbons (Fsp3) is 0.500. The molecule has 2 aliphatic rings. The zero-order valence-electron chi connectivity index (χ0n) is 21.8. The summed E-state index contributed by atoms with van der Waals surface area (Å²) in [5.41, 5.74) is 9.41. The molecule has 4 rings (SSSR count). The van der Waals surface area contributed by atoms with Crippen LogP contribution in [0.2, 0.25) is 0 Å². The predicted octanol–water partition coefficient (Wildman–Crippen LogP) is 3.85. The summed E-state index contributed by atoms with van der Waals surface area (Å²) in [6, 6.07) is 12.5. The third-order valence-electron chi connectivity index (χ3n) is 6.83. The Morgan fingerprint density at radius 2 is 1.94 bits per heavy atom. The first-order valence-corrected chi connectivity index (χ1v) is 12.5. The Morgan fingerprint density at radius 1 is 1.17 bits per heavy atom. The Labute approximate surface area is 213 Å². The van der Waals surface area contributed by atoms with Gasteiger partial charge < -0.3 is 25.3 Å². The monoisotopic (exact) mass is 495 g/mol. The highest BCUT2D eigenvalue weighted by Gasteiger charge is 2.41. The standard InChI is InChI=1S/C28H37N3O5/c1-17-7-6-8-18(11-17)21-15-31-10-9-19-12-25(35-16-26(29)32)24(34-5)13-20(19)23(31)14-22(21)30-27(33)36-28(2,3)4/h6-8,11-13,21-23H,9-10,14-16H2,1-5H3,(H2,29,32)(H,30,33). The molecule has 2 aromatic carbocycles. The number of hydrogen-bond donors (Lipinski definition) is 2. The predicted molar refractivity (Wildman–Crippen MR) is 137 cm³/mol. The molecule has 3 N–H and O–H groups in total. The van der Waals surface area contributed by atoms with E-state index in [4.69, 9.17) is 19.9 Å². The van der Waals surface area contributed by atoms with E-state index in [0.717, 1.165) is 37.1 Å². The second kappa shape index (κ2) is 10.4. The maximum atomic E-state index is 12.8. The van der Waals surface area contributed by atoms with E-state index in [9.17, 15) is 9.59 Å². The lowest BCUT2D eigenvalue weighted by Crippen LogP contribution is -2.53. The van der Waals surface area contributed by atoms with Crippen molar-refractivity contribution in [3.63, 3.8) is 0 Å². The second-order valence-corrected chi connectivity index (χ2v) is 10.7. The number of rotatable bonds is 6. The summed E-state index contributed by atoms with van der Waals surface area (Å²) >= 11 is 0. The van der Waals surface area contributed by atoms with Crippen molar-refractivity contribution < 1.29 is 23.8 Å². The van der Waals surface area contributed by atoms with Crippen LogP contribution in [0.15, 0.2) is 36.4 Å². The number of nitrogens with one attached hydrogen (secondary N) is 1. The van der Waals surface area contributed by atoms with Crippen molar-refractivity contribution >= 4 is 12.0 Å². The number of primary amides is 1. The molecule has 0 bridgehead atoms. The number of amides is 2. The number of alkyl carbamates (subject to hydrolysis) is 1. The molecule has 0 saturated carbocycles. The number of carbonyl (C=O) groups excluding carboxylic acids is 2. The molecule has 0 aliphatic carbocycles. The molecule has 2 amide bonds. The molecule has 1 saturated heterocycles. The minimum absolute atomic E-state index is 0.105. The molecule has 8 heteroatoms. The second-order valence-electron chi connectivity index (χ2n) is 10.7. The highest BCUT2D eigenvalue weighted by atomic mass is 16.6. The number of piperidine rings is 1. The SMILES string of the molecule is COc1cc2c(cc1OCC(N)=O)CCN1CC(c3cccc(C)c3)C(NC(=O)OC(C)(C)C)CC21. The number of carbonyl (C=O) groups is 2. The van der Waals surface area contributed by atoms with Gasteiger partial charge >= 0.3 is 6.09 Å². The van der Waals surface area contributed by atoms with Gasteiger partial charge in [-0.2, -0.15) is 0 Å². The Hall–Kier alpha value is -3.26. The van der Waals surface area contributed by atoms with Crippen LogP contribution in [0.1, 0.15) is 61.4 Å². The van der Waals surface area contributed by atoms with E-state index in [1.54, 1.807) is 7.11 Å². The molecule has 0 spiro atoms. The van der Waals surface area contributed by atoms with Crippen molar-refractivity contribution in [2.24, 2.45) is 5.73 Å². The quantitative estimate of drug-likeness (QED) is 0.631. The summed E-state index contributed by atoms with van der Waals surface area (Å²) in [4.78, 5) is 26.6. The highest BCUT2D eigenvalue weighted by Crippen LogP contribution is 2.44. The van der Waals surface area contributed by atoms with Gasteiger partial charge in [-0.15, -0.1) is 0 Å². The minimum atomic E-state index is -0.574. The van der Waals surface area contributed by atoms with Crippen LogP contribution in [-0.4, -0.2) is 55.3 Å². The lowest BCUT2D eigenvalue weighted by Gasteiger charge is -2.47. The Kier molecular flexibility index (Phi) is 7.45. The largest absolute Gasteiger partial charge is 0.493 e. The van der Waals surface area contributed by atoms with Crippen molar-refractivity contribution in [2.75, 3.05) is 26.8 Å². The van der Waals surface area contributed by atoms with Crippen LogP contribution in [0.4, 0.5) is 4.79 Å². The summed E-state index contributed by atoms with van der Waals surface area (Å²) in [6.45, 7) is 9.20. The van der Waals surface area contributed by atoms with E-state index < -0.39 is 17.6 Å². The number of fused-ring (bicyclic) bond motifs is 3. The number of aryl methyl sites for hydroxylation is 1. The zero-order chi connectivity index (χ0) is 26.0. The van der Waals surface area contributed by atoms with Crippen LogP contribution in [-0.2, 0) is 16.0 Å². The number of ether oxygens (including phenoxy) is 3. The van der Waals surface area contributed by atoms with Crippen LogP contribution in [0.3, 0.4) is 0 Å². The summed E-state index contributed by atoms with van der Waals surface area (Å²) in [7, 11) is 1.58. The van der Waals surface area contributed by atoms with E-state index in [1.807, 2.05) is 32.9 Å². The maximum Gasteiger partial charge on any atom is 0.407 e. The molecule has 3 atom stereocenters. The Balaban J connectivity index is 1.65. The summed E-state index contributed by atoms with van der Waals surface area (Å²) in [6.07, 6.45) is 1.19. The number of methoxy groups -OCH3 is 1. The first kappa shape index (κ1) is 25.8. The summed E-state index contributed by atoms with van der Waals surface area (Å²) in [5, 5.41) is 3.18. The van der Waals surface area contributed by atoms with Crippen molar-refractivity contribution in [1.82, 2.24) is 10.2 Å². The fourth-order valence-corrected chi connectivity index (χ4v) is 5.32. The van der Waals surface area contributed by atoms with Gasteiger partial charge in [-0.1, -0.05) is 29.8 Å². The van der Waals surface area contributed by atoms with Gasteiger partial charge in [-0.25, -0.2) is 4.79 Å². The van der Waals surface area contributed by atoms with Crippen LogP contribution in [0.5, 0.6) is 11.5 Å². The van der Waals surface area contributed by atoms with Crippen LogP contribution in [0, 0.1) is 6.92 Å². The summed E-state index contributed by atoms with van der Waals surface area (Å²) < 4.78 is 16.8. The third kappa shape index (κ3) is 5.93. The molecule has 2 aliphatic heterocycles. The van der Waals surface area contributed by atoms with Crippen LogP contribution >= 0.6 is 0 Å². The molecule has 0 aromatic heterocycles. The Morgan fingerprint density at radius 3 is 2.61 bits per heavy atom. The Bertz CT molecular complexity index is 1130. The van der Waals surface area contributed by atoms with Crippen molar-refractivity contribution in [3.8, 4) is 11.5 Å². The topological polar surface area (TPSA) is 103 Å². The van der Waals surface area contributed by atoms with Gasteiger partial charge in [0.05, 0.1) is 7.11 Å². The van der Waals surface area contributed by atoms with Crippen LogP contribution in [0.25, 0.3) is 0 Å². The average molecular weight is 496 g/mol. The van der Waals surface area contributed by atoms with Gasteiger partial charge in [0.2, 0.25) is 0 Å². The molecule has 1 fully saturated rings. The van der Waals surface area contributed by atoms with Crippen molar-refractivity contribution in [3.05, 3.63) is 58.7 Å². The van der Waals surface area contributed by atoms with E-state index >= 15 is 0 Å². The van der Waals surface area contributed by atoms with Gasteiger partial charge in [0, 0.05) is 31.1 Å². The van der Waals surface area contributed by atoms with Crippen LogP contribution < -0.4 is 20.5 Å². The van der Waals surface area contributed by atoms with E-state index in [2.05, 4.69) is 41.4 Å². The number of benzene rings is 2. The van der Waals surface area contributed by atoms with Gasteiger partial charge in [0.25, 0.3) is 5.91 Å². The number of nitrogens with zero attached hydrogens (tertiary/aromatic N) is 1. The highest BCUT2D eigenvalue weighted by molar-refractivity contribution is 5.75. The molecule has 194 valence electrons. The van der Waals surface area contributed by atoms with Gasteiger partial charge in [0.15, 0.2) is 18.1 Å². The molecule has 8 nitrogen and oxygen atoms in total. The number of nitrogens with two attached hydrogens (primary N) is 1. The molecule has 3 unspecified atom stereocenters.